The van der Waals surface area contributed by atoms with E-state index in [2.05, 4.69) is 0 Å². The van der Waals surface area contributed by atoms with E-state index in [1.807, 2.05) is 6.92 Å². The highest BCUT2D eigenvalue weighted by Crippen LogP contribution is 2.43. The van der Waals surface area contributed by atoms with E-state index in [0.717, 1.165) is 5.56 Å². The Labute approximate surface area is 148 Å². The predicted molar refractivity (Wildman–Crippen MR) is 93.1 cm³/mol. The number of aryl methyl sites for hydroxylation is 1. The van der Waals surface area contributed by atoms with Gasteiger partial charge in [0.05, 0.1) is 19.8 Å². The number of benzene rings is 1. The monoisotopic (exact) mass is 372 g/mol. The molecule has 0 aromatic heterocycles. The van der Waals surface area contributed by atoms with Crippen LogP contribution in [0.2, 0.25) is 0 Å². The molecule has 0 fully saturated rings. The summed E-state index contributed by atoms with van der Waals surface area (Å²) in [6.45, 7) is 7.03. The molecule has 1 rings (SSSR count). The van der Waals surface area contributed by atoms with Gasteiger partial charge >= 0.3 is 19.5 Å². The standard InChI is InChI=1S/C17H25O7P/c1-5-22-25(4,20)23-11-7-6-10-21-17(19)15-9-8-13(2)12-16(15)24-14(3)18/h8-9,12H,5-7,10-11H2,1-4H3. The van der Waals surface area contributed by atoms with E-state index in [4.69, 9.17) is 18.5 Å². The van der Waals surface area contributed by atoms with Crippen LogP contribution in [0.15, 0.2) is 18.2 Å². The maximum atomic E-state index is 12.1. The second kappa shape index (κ2) is 10.3. The molecular formula is C17H25O7P. The number of esters is 2. The molecule has 1 atom stereocenters. The molecule has 0 saturated carbocycles. The van der Waals surface area contributed by atoms with Gasteiger partial charge in [-0.15, -0.1) is 0 Å². The van der Waals surface area contributed by atoms with Gasteiger partial charge in [-0.25, -0.2) is 4.79 Å². The van der Waals surface area contributed by atoms with Gasteiger partial charge in [0.2, 0.25) is 0 Å². The molecule has 1 aromatic rings. The lowest BCUT2D eigenvalue weighted by molar-refractivity contribution is -0.131. The van der Waals surface area contributed by atoms with Crippen molar-refractivity contribution in [3.05, 3.63) is 29.3 Å². The van der Waals surface area contributed by atoms with Crippen molar-refractivity contribution in [2.24, 2.45) is 0 Å². The molecule has 0 aliphatic heterocycles. The zero-order valence-electron chi connectivity index (χ0n) is 15.1. The van der Waals surface area contributed by atoms with Crippen molar-refractivity contribution in [2.75, 3.05) is 26.5 Å². The number of rotatable bonds is 10. The Balaban J connectivity index is 2.42. The van der Waals surface area contributed by atoms with E-state index in [-0.39, 0.29) is 24.5 Å². The van der Waals surface area contributed by atoms with Gasteiger partial charge in [-0.2, -0.15) is 0 Å². The fourth-order valence-corrected chi connectivity index (χ4v) is 2.99. The van der Waals surface area contributed by atoms with Crippen molar-refractivity contribution < 1.29 is 32.7 Å². The van der Waals surface area contributed by atoms with Crippen molar-refractivity contribution in [1.82, 2.24) is 0 Å². The number of unbranched alkanes of at least 4 members (excludes halogenated alkanes) is 1. The lowest BCUT2D eigenvalue weighted by atomic mass is 10.1. The molecule has 0 spiro atoms. The summed E-state index contributed by atoms with van der Waals surface area (Å²) in [5.41, 5.74) is 1.06. The fourth-order valence-electron chi connectivity index (χ4n) is 1.99. The maximum absolute atomic E-state index is 12.1. The molecule has 1 unspecified atom stereocenters. The van der Waals surface area contributed by atoms with Crippen LogP contribution < -0.4 is 4.74 Å². The maximum Gasteiger partial charge on any atom is 0.341 e. The third kappa shape index (κ3) is 8.29. The van der Waals surface area contributed by atoms with Gasteiger partial charge in [0, 0.05) is 13.6 Å². The minimum Gasteiger partial charge on any atom is -0.462 e. The minimum absolute atomic E-state index is 0.179. The molecule has 0 aliphatic rings. The van der Waals surface area contributed by atoms with E-state index >= 15 is 0 Å². The molecule has 0 radical (unpaired) electrons. The number of hydrogen-bond acceptors (Lipinski definition) is 7. The zero-order valence-corrected chi connectivity index (χ0v) is 16.0. The lowest BCUT2D eigenvalue weighted by Crippen LogP contribution is -2.11. The summed E-state index contributed by atoms with van der Waals surface area (Å²) < 4.78 is 32.1. The van der Waals surface area contributed by atoms with Gasteiger partial charge in [-0.1, -0.05) is 6.07 Å². The second-order valence-electron chi connectivity index (χ2n) is 5.46. The Morgan fingerprint density at radius 3 is 2.44 bits per heavy atom. The van der Waals surface area contributed by atoms with Crippen LogP contribution in [0.25, 0.3) is 0 Å². The molecule has 25 heavy (non-hydrogen) atoms. The van der Waals surface area contributed by atoms with Crippen LogP contribution in [-0.4, -0.2) is 38.4 Å². The van der Waals surface area contributed by atoms with Gasteiger partial charge in [0.25, 0.3) is 0 Å². The first-order valence-electron chi connectivity index (χ1n) is 8.08. The van der Waals surface area contributed by atoms with Crippen LogP contribution >= 0.6 is 7.60 Å². The van der Waals surface area contributed by atoms with Crippen molar-refractivity contribution in [3.8, 4) is 5.75 Å². The summed E-state index contributed by atoms with van der Waals surface area (Å²) in [5, 5.41) is 0. The number of carbonyl (C=O) groups excluding carboxylic acids is 2. The first-order valence-corrected chi connectivity index (χ1v) is 10.1. The van der Waals surface area contributed by atoms with Gasteiger partial charge in [0.1, 0.15) is 11.3 Å². The summed E-state index contributed by atoms with van der Waals surface area (Å²) >= 11 is 0. The summed E-state index contributed by atoms with van der Waals surface area (Å²) in [4.78, 5) is 23.3. The Kier molecular flexibility index (Phi) is 8.83. The molecule has 0 amide bonds. The van der Waals surface area contributed by atoms with Gasteiger partial charge < -0.3 is 18.5 Å². The summed E-state index contributed by atoms with van der Waals surface area (Å²) in [5.74, 6) is -0.882. The highest BCUT2D eigenvalue weighted by Gasteiger charge is 2.17. The van der Waals surface area contributed by atoms with Crippen LogP contribution in [0.1, 0.15) is 42.6 Å². The van der Waals surface area contributed by atoms with Crippen LogP contribution in [0.4, 0.5) is 0 Å². The molecule has 7 nitrogen and oxygen atoms in total. The Morgan fingerprint density at radius 2 is 1.80 bits per heavy atom. The van der Waals surface area contributed by atoms with Crippen molar-refractivity contribution in [3.63, 3.8) is 0 Å². The lowest BCUT2D eigenvalue weighted by Gasteiger charge is -2.13. The van der Waals surface area contributed by atoms with Crippen molar-refractivity contribution in [2.45, 2.75) is 33.6 Å². The molecule has 0 bridgehead atoms. The average Bonchev–Trinajstić information content (AvgIpc) is 2.50. The normalized spacial score (nSPS) is 13.1. The van der Waals surface area contributed by atoms with E-state index in [1.165, 1.54) is 13.6 Å². The number of carbonyl (C=O) groups is 2. The minimum atomic E-state index is -2.99. The molecule has 140 valence electrons. The van der Waals surface area contributed by atoms with Crippen LogP contribution in [0.3, 0.4) is 0 Å². The highest BCUT2D eigenvalue weighted by molar-refractivity contribution is 7.52. The van der Waals surface area contributed by atoms with Gasteiger partial charge in [0.15, 0.2) is 0 Å². The first kappa shape index (κ1) is 21.4. The van der Waals surface area contributed by atoms with E-state index in [0.29, 0.717) is 19.4 Å². The van der Waals surface area contributed by atoms with Crippen LogP contribution in [0, 0.1) is 6.92 Å². The zero-order chi connectivity index (χ0) is 18.9. The van der Waals surface area contributed by atoms with Gasteiger partial charge in [-0.05, 0) is 44.4 Å². The topological polar surface area (TPSA) is 88.1 Å². The average molecular weight is 372 g/mol. The molecule has 8 heteroatoms. The summed E-state index contributed by atoms with van der Waals surface area (Å²) in [7, 11) is -2.99. The highest BCUT2D eigenvalue weighted by atomic mass is 31.2. The Morgan fingerprint density at radius 1 is 1.12 bits per heavy atom. The third-order valence-corrected chi connectivity index (χ3v) is 4.45. The summed E-state index contributed by atoms with van der Waals surface area (Å²) in [6, 6.07) is 4.91. The second-order valence-corrected chi connectivity index (χ2v) is 7.52. The molecule has 1 aromatic carbocycles. The smallest absolute Gasteiger partial charge is 0.341 e. The fraction of sp³-hybridized carbons (Fsp3) is 0.529. The van der Waals surface area contributed by atoms with E-state index in [1.54, 1.807) is 25.1 Å². The van der Waals surface area contributed by atoms with E-state index in [9.17, 15) is 14.2 Å². The van der Waals surface area contributed by atoms with E-state index < -0.39 is 19.5 Å². The van der Waals surface area contributed by atoms with Crippen molar-refractivity contribution in [1.29, 1.82) is 0 Å². The Bertz CT molecular complexity index is 642. The van der Waals surface area contributed by atoms with Gasteiger partial charge in [-0.3, -0.25) is 9.36 Å². The summed E-state index contributed by atoms with van der Waals surface area (Å²) in [6.07, 6.45) is 1.12. The first-order chi connectivity index (χ1) is 11.7. The molecule has 0 heterocycles. The quantitative estimate of drug-likeness (QED) is 0.268. The molecular weight excluding hydrogens is 347 g/mol. The third-order valence-electron chi connectivity index (χ3n) is 3.07. The van der Waals surface area contributed by atoms with Crippen LogP contribution in [-0.2, 0) is 23.1 Å². The molecule has 0 saturated heterocycles. The molecule has 0 aliphatic carbocycles. The SMILES string of the molecule is CCOP(C)(=O)OCCCCOC(=O)c1ccc(C)cc1OC(C)=O. The predicted octanol–water partition coefficient (Wildman–Crippen LogP) is 3.73. The van der Waals surface area contributed by atoms with Crippen molar-refractivity contribution >= 4 is 19.5 Å². The Hall–Kier alpha value is -1.69. The largest absolute Gasteiger partial charge is 0.462 e. The number of ether oxygens (including phenoxy) is 2. The molecule has 0 N–H and O–H groups in total. The number of hydrogen-bond donors (Lipinski definition) is 0. The van der Waals surface area contributed by atoms with Crippen LogP contribution in [0.5, 0.6) is 5.75 Å².